The molecule has 1 aromatic carbocycles. The molecule has 0 saturated heterocycles. The fourth-order valence-corrected chi connectivity index (χ4v) is 1.97. The molecule has 0 spiro atoms. The van der Waals surface area contributed by atoms with E-state index in [2.05, 4.69) is 10.3 Å². The number of carbonyl (C=O) groups is 1. The van der Waals surface area contributed by atoms with Gasteiger partial charge in [-0.1, -0.05) is 23.7 Å². The zero-order valence-electron chi connectivity index (χ0n) is 11.6. The van der Waals surface area contributed by atoms with Crippen molar-refractivity contribution in [1.29, 1.82) is 0 Å². The van der Waals surface area contributed by atoms with E-state index in [0.717, 1.165) is 4.57 Å². The average molecular weight is 308 g/mol. The van der Waals surface area contributed by atoms with Crippen LogP contribution in [0.5, 0.6) is 6.01 Å². The van der Waals surface area contributed by atoms with E-state index < -0.39 is 5.91 Å². The number of carbonyl (C=O) groups excluding carboxylic acids is 1. The van der Waals surface area contributed by atoms with Crippen molar-refractivity contribution in [2.75, 3.05) is 12.4 Å². The van der Waals surface area contributed by atoms with Crippen LogP contribution in [0.2, 0.25) is 5.02 Å². The van der Waals surface area contributed by atoms with Crippen molar-refractivity contribution >= 4 is 23.2 Å². The Bertz CT molecular complexity index is 728. The predicted molar refractivity (Wildman–Crippen MR) is 79.9 cm³/mol. The first-order chi connectivity index (χ1) is 10.0. The summed E-state index contributed by atoms with van der Waals surface area (Å²) in [6.45, 7) is 1.47. The second-order valence-corrected chi connectivity index (χ2v) is 4.74. The molecular weight excluding hydrogens is 294 g/mol. The normalized spacial score (nSPS) is 10.2. The molecule has 21 heavy (non-hydrogen) atoms. The van der Waals surface area contributed by atoms with Gasteiger partial charge in [-0.15, -0.1) is 0 Å². The van der Waals surface area contributed by atoms with E-state index in [0.29, 0.717) is 16.4 Å². The molecule has 0 atom stereocenters. The fraction of sp³-hybridized carbons (Fsp3) is 0.214. The summed E-state index contributed by atoms with van der Waals surface area (Å²) in [6, 6.07) is 8.28. The summed E-state index contributed by atoms with van der Waals surface area (Å²) >= 11 is 5.96. The van der Waals surface area contributed by atoms with Crippen LogP contribution in [0.3, 0.4) is 0 Å². The van der Waals surface area contributed by atoms with E-state index in [9.17, 15) is 9.59 Å². The number of halogens is 1. The number of amides is 1. The van der Waals surface area contributed by atoms with Gasteiger partial charge in [0.2, 0.25) is 5.91 Å². The van der Waals surface area contributed by atoms with Crippen LogP contribution in [0.15, 0.2) is 35.1 Å². The Hall–Kier alpha value is -2.34. The first-order valence-corrected chi connectivity index (χ1v) is 6.56. The van der Waals surface area contributed by atoms with Gasteiger partial charge in [-0.25, -0.2) is 4.98 Å². The second-order valence-electron chi connectivity index (χ2n) is 4.34. The van der Waals surface area contributed by atoms with Gasteiger partial charge in [0.15, 0.2) is 0 Å². The molecule has 0 aliphatic carbocycles. The number of nitrogens with one attached hydrogen (secondary N) is 1. The third-order valence-electron chi connectivity index (χ3n) is 2.73. The van der Waals surface area contributed by atoms with Crippen LogP contribution < -0.4 is 15.6 Å². The van der Waals surface area contributed by atoms with E-state index in [1.54, 1.807) is 31.2 Å². The summed E-state index contributed by atoms with van der Waals surface area (Å²) in [5, 5.41) is 3.06. The van der Waals surface area contributed by atoms with Crippen molar-refractivity contribution in [3.05, 3.63) is 51.4 Å². The number of hydrogen-bond donors (Lipinski definition) is 1. The predicted octanol–water partition coefficient (Wildman–Crippen LogP) is 1.85. The van der Waals surface area contributed by atoms with Gasteiger partial charge in [-0.3, -0.25) is 14.2 Å². The molecule has 0 unspecified atom stereocenters. The van der Waals surface area contributed by atoms with Crippen molar-refractivity contribution in [2.45, 2.75) is 13.5 Å². The number of anilines is 1. The van der Waals surface area contributed by atoms with E-state index in [4.69, 9.17) is 16.3 Å². The highest BCUT2D eigenvalue weighted by Crippen LogP contribution is 2.20. The van der Waals surface area contributed by atoms with Crippen LogP contribution >= 0.6 is 11.6 Å². The van der Waals surface area contributed by atoms with E-state index >= 15 is 0 Å². The summed E-state index contributed by atoms with van der Waals surface area (Å²) in [5.74, 6) is -0.394. The van der Waals surface area contributed by atoms with E-state index in [1.165, 1.54) is 13.2 Å². The van der Waals surface area contributed by atoms with Crippen LogP contribution in [0, 0.1) is 6.92 Å². The van der Waals surface area contributed by atoms with Crippen LogP contribution in [-0.2, 0) is 11.3 Å². The van der Waals surface area contributed by atoms with Crippen molar-refractivity contribution < 1.29 is 9.53 Å². The molecule has 1 aromatic heterocycles. The van der Waals surface area contributed by atoms with Crippen molar-refractivity contribution in [3.8, 4) is 6.01 Å². The van der Waals surface area contributed by atoms with Crippen LogP contribution in [0.25, 0.3) is 0 Å². The Morgan fingerprint density at radius 2 is 2.14 bits per heavy atom. The Morgan fingerprint density at radius 1 is 1.43 bits per heavy atom. The summed E-state index contributed by atoms with van der Waals surface area (Å²) in [5.41, 5.74) is 0.657. The second kappa shape index (κ2) is 6.41. The first-order valence-electron chi connectivity index (χ1n) is 6.18. The summed E-state index contributed by atoms with van der Waals surface area (Å²) < 4.78 is 6.18. The number of hydrogen-bond acceptors (Lipinski definition) is 4. The highest BCUT2D eigenvalue weighted by Gasteiger charge is 2.12. The third-order valence-corrected chi connectivity index (χ3v) is 3.06. The number of aromatic nitrogens is 2. The molecule has 0 radical (unpaired) electrons. The third kappa shape index (κ3) is 3.61. The molecule has 0 bridgehead atoms. The monoisotopic (exact) mass is 307 g/mol. The van der Waals surface area contributed by atoms with Gasteiger partial charge in [0.25, 0.3) is 11.6 Å². The number of benzene rings is 1. The fourth-order valence-electron chi connectivity index (χ4n) is 1.79. The lowest BCUT2D eigenvalue weighted by atomic mass is 10.3. The van der Waals surface area contributed by atoms with Crippen molar-refractivity contribution in [3.63, 3.8) is 0 Å². The minimum Gasteiger partial charge on any atom is -0.468 e. The lowest BCUT2D eigenvalue weighted by Crippen LogP contribution is -2.29. The lowest BCUT2D eigenvalue weighted by molar-refractivity contribution is -0.116. The molecular formula is C14H14ClN3O3. The number of para-hydroxylation sites is 1. The van der Waals surface area contributed by atoms with Gasteiger partial charge >= 0.3 is 0 Å². The molecule has 0 fully saturated rings. The molecule has 110 valence electrons. The SMILES string of the molecule is COc1nc(C)cc(=O)n1CC(=O)Nc1ccccc1Cl. The topological polar surface area (TPSA) is 73.2 Å². The molecule has 0 saturated carbocycles. The first kappa shape index (κ1) is 15.1. The maximum Gasteiger partial charge on any atom is 0.299 e. The largest absolute Gasteiger partial charge is 0.468 e. The molecule has 1 N–H and O–H groups in total. The van der Waals surface area contributed by atoms with Gasteiger partial charge in [0, 0.05) is 11.8 Å². The van der Waals surface area contributed by atoms with Crippen LogP contribution in [-0.4, -0.2) is 22.6 Å². The number of methoxy groups -OCH3 is 1. The van der Waals surface area contributed by atoms with Gasteiger partial charge in [0.05, 0.1) is 17.8 Å². The highest BCUT2D eigenvalue weighted by molar-refractivity contribution is 6.33. The number of nitrogens with zero attached hydrogens (tertiary/aromatic N) is 2. The molecule has 0 aliphatic heterocycles. The van der Waals surface area contributed by atoms with Crippen molar-refractivity contribution in [2.24, 2.45) is 0 Å². The summed E-state index contributed by atoms with van der Waals surface area (Å²) in [4.78, 5) is 28.0. The van der Waals surface area contributed by atoms with Crippen LogP contribution in [0.1, 0.15) is 5.69 Å². The Morgan fingerprint density at radius 3 is 2.81 bits per heavy atom. The molecule has 0 aliphatic rings. The van der Waals surface area contributed by atoms with Gasteiger partial charge in [-0.2, -0.15) is 0 Å². The number of ether oxygens (including phenoxy) is 1. The summed E-state index contributed by atoms with van der Waals surface area (Å²) in [7, 11) is 1.39. The zero-order valence-corrected chi connectivity index (χ0v) is 12.3. The molecule has 1 amide bonds. The van der Waals surface area contributed by atoms with Gasteiger partial charge < -0.3 is 10.1 Å². The molecule has 2 aromatic rings. The van der Waals surface area contributed by atoms with Gasteiger partial charge in [-0.05, 0) is 19.1 Å². The molecule has 2 rings (SSSR count). The smallest absolute Gasteiger partial charge is 0.299 e. The highest BCUT2D eigenvalue weighted by atomic mass is 35.5. The standard InChI is InChI=1S/C14H14ClN3O3/c1-9-7-13(20)18(14(16-9)21-2)8-12(19)17-11-6-4-3-5-10(11)15/h3-7H,8H2,1-2H3,(H,17,19). The maximum atomic E-state index is 12.0. The number of rotatable bonds is 4. The minimum atomic E-state index is -0.394. The molecule has 6 nitrogen and oxygen atoms in total. The number of aryl methyl sites for hydroxylation is 1. The summed E-state index contributed by atoms with van der Waals surface area (Å²) in [6.07, 6.45) is 0. The van der Waals surface area contributed by atoms with E-state index in [1.807, 2.05) is 0 Å². The average Bonchev–Trinajstić information content (AvgIpc) is 2.44. The van der Waals surface area contributed by atoms with E-state index in [-0.39, 0.29) is 18.1 Å². The Kier molecular flexibility index (Phi) is 4.59. The molecule has 7 heteroatoms. The molecule has 1 heterocycles. The maximum absolute atomic E-state index is 12.0. The van der Waals surface area contributed by atoms with Gasteiger partial charge in [0.1, 0.15) is 6.54 Å². The lowest BCUT2D eigenvalue weighted by Gasteiger charge is -2.11. The Labute approximate surface area is 126 Å². The quantitative estimate of drug-likeness (QED) is 0.935. The Balaban J connectivity index is 2.21. The van der Waals surface area contributed by atoms with Crippen LogP contribution in [0.4, 0.5) is 5.69 Å². The van der Waals surface area contributed by atoms with Crippen molar-refractivity contribution in [1.82, 2.24) is 9.55 Å². The zero-order chi connectivity index (χ0) is 15.4. The minimum absolute atomic E-state index is 0.0920.